The second-order valence-corrected chi connectivity index (χ2v) is 5.87. The number of nitrogens with zero attached hydrogens (tertiary/aromatic N) is 1. The maximum absolute atomic E-state index is 12.0. The number of carbonyl (C=O) groups excluding carboxylic acids is 2. The number of anilines is 2. The fraction of sp³-hybridized carbons (Fsp3) is 0. The van der Waals surface area contributed by atoms with Crippen LogP contribution in [0.1, 0.15) is 11.1 Å². The number of rotatable bonds is 6. The molecule has 5 heteroatoms. The lowest BCUT2D eigenvalue weighted by Gasteiger charge is -2.05. The van der Waals surface area contributed by atoms with Crippen LogP contribution in [0.15, 0.2) is 91.0 Å². The largest absolute Gasteiger partial charge is 0.307 e. The molecule has 0 fully saturated rings. The topological polar surface area (TPSA) is 71.1 Å². The van der Waals surface area contributed by atoms with Gasteiger partial charge in [0.1, 0.15) is 11.6 Å². The van der Waals surface area contributed by atoms with Crippen molar-refractivity contribution < 1.29 is 9.59 Å². The van der Waals surface area contributed by atoms with Crippen LogP contribution in [0.4, 0.5) is 11.6 Å². The summed E-state index contributed by atoms with van der Waals surface area (Å²) in [6, 6.07) is 24.1. The van der Waals surface area contributed by atoms with Gasteiger partial charge in [-0.15, -0.1) is 0 Å². The van der Waals surface area contributed by atoms with E-state index < -0.39 is 0 Å². The van der Waals surface area contributed by atoms with Gasteiger partial charge in [-0.3, -0.25) is 9.59 Å². The zero-order valence-electron chi connectivity index (χ0n) is 15.1. The van der Waals surface area contributed by atoms with Crippen LogP contribution < -0.4 is 10.6 Å². The molecule has 0 aliphatic rings. The molecule has 3 rings (SSSR count). The van der Waals surface area contributed by atoms with Crippen LogP contribution in [-0.2, 0) is 9.59 Å². The molecule has 2 amide bonds. The first-order chi connectivity index (χ1) is 13.7. The van der Waals surface area contributed by atoms with Crippen molar-refractivity contribution in [3.05, 3.63) is 102 Å². The fourth-order valence-electron chi connectivity index (χ4n) is 2.38. The van der Waals surface area contributed by atoms with Crippen molar-refractivity contribution in [2.75, 3.05) is 10.6 Å². The maximum Gasteiger partial charge on any atom is 0.249 e. The van der Waals surface area contributed by atoms with Gasteiger partial charge in [0.15, 0.2) is 0 Å². The minimum atomic E-state index is -0.302. The van der Waals surface area contributed by atoms with Gasteiger partial charge in [-0.2, -0.15) is 0 Å². The predicted octanol–water partition coefficient (Wildman–Crippen LogP) is 4.39. The zero-order valence-corrected chi connectivity index (χ0v) is 15.1. The van der Waals surface area contributed by atoms with Crippen molar-refractivity contribution in [2.24, 2.45) is 0 Å². The highest BCUT2D eigenvalue weighted by Crippen LogP contribution is 2.10. The van der Waals surface area contributed by atoms with Crippen LogP contribution in [0.5, 0.6) is 0 Å². The van der Waals surface area contributed by atoms with Gasteiger partial charge in [0.2, 0.25) is 11.8 Å². The molecule has 28 heavy (non-hydrogen) atoms. The van der Waals surface area contributed by atoms with E-state index in [0.717, 1.165) is 11.1 Å². The Bertz CT molecular complexity index is 918. The molecule has 0 radical (unpaired) electrons. The van der Waals surface area contributed by atoms with E-state index in [-0.39, 0.29) is 11.8 Å². The molecule has 138 valence electrons. The van der Waals surface area contributed by atoms with Crippen molar-refractivity contribution in [3.8, 4) is 0 Å². The average Bonchev–Trinajstić information content (AvgIpc) is 2.72. The Morgan fingerprint density at radius 2 is 1.04 bits per heavy atom. The third-order valence-electron chi connectivity index (χ3n) is 3.71. The monoisotopic (exact) mass is 369 g/mol. The highest BCUT2D eigenvalue weighted by atomic mass is 16.2. The normalized spacial score (nSPS) is 10.9. The molecule has 1 heterocycles. The first kappa shape index (κ1) is 18.8. The standard InChI is InChI=1S/C23H19N3O2/c27-22(16-14-18-8-3-1-4-9-18)25-20-12-7-13-21(24-20)26-23(28)17-15-19-10-5-2-6-11-19/h1-17H,(H2,24,25,26,27,28)/b16-14-,17-15+. The average molecular weight is 369 g/mol. The van der Waals surface area contributed by atoms with Gasteiger partial charge in [-0.1, -0.05) is 66.7 Å². The Balaban J connectivity index is 1.57. The number of benzene rings is 2. The molecule has 0 aliphatic heterocycles. The lowest BCUT2D eigenvalue weighted by molar-refractivity contribution is -0.112. The number of hydrogen-bond acceptors (Lipinski definition) is 3. The second kappa shape index (κ2) is 9.64. The SMILES string of the molecule is O=C(/C=C\c1ccccc1)Nc1cccc(NC(=O)/C=C/c2ccccc2)n1. The molecule has 0 unspecified atom stereocenters. The molecule has 3 aromatic rings. The van der Waals surface area contributed by atoms with E-state index in [1.807, 2.05) is 60.7 Å². The highest BCUT2D eigenvalue weighted by Gasteiger charge is 2.03. The van der Waals surface area contributed by atoms with Crippen LogP contribution >= 0.6 is 0 Å². The molecule has 1 aromatic heterocycles. The first-order valence-electron chi connectivity index (χ1n) is 8.74. The Labute approximate surface area is 163 Å². The molecule has 0 spiro atoms. The Morgan fingerprint density at radius 1 is 0.607 bits per heavy atom. The lowest BCUT2D eigenvalue weighted by Crippen LogP contribution is -2.12. The van der Waals surface area contributed by atoms with Crippen molar-refractivity contribution in [1.82, 2.24) is 4.98 Å². The van der Waals surface area contributed by atoms with Crippen molar-refractivity contribution in [2.45, 2.75) is 0 Å². The van der Waals surface area contributed by atoms with Crippen LogP contribution in [0, 0.1) is 0 Å². The Kier molecular flexibility index (Phi) is 6.47. The third-order valence-corrected chi connectivity index (χ3v) is 3.71. The number of hydrogen-bond donors (Lipinski definition) is 2. The van der Waals surface area contributed by atoms with Crippen LogP contribution in [-0.4, -0.2) is 16.8 Å². The number of carbonyl (C=O) groups is 2. The van der Waals surface area contributed by atoms with Crippen molar-refractivity contribution in [3.63, 3.8) is 0 Å². The lowest BCUT2D eigenvalue weighted by atomic mass is 10.2. The molecular formula is C23H19N3O2. The van der Waals surface area contributed by atoms with E-state index in [2.05, 4.69) is 15.6 Å². The van der Waals surface area contributed by atoms with Crippen molar-refractivity contribution in [1.29, 1.82) is 0 Å². The number of pyridine rings is 1. The molecular weight excluding hydrogens is 350 g/mol. The summed E-state index contributed by atoms with van der Waals surface area (Å²) in [6.45, 7) is 0. The van der Waals surface area contributed by atoms with Gasteiger partial charge in [0.05, 0.1) is 0 Å². The summed E-state index contributed by atoms with van der Waals surface area (Å²) in [5, 5.41) is 5.35. The maximum atomic E-state index is 12.0. The summed E-state index contributed by atoms with van der Waals surface area (Å²) < 4.78 is 0. The summed E-state index contributed by atoms with van der Waals surface area (Å²) >= 11 is 0. The van der Waals surface area contributed by atoms with Gasteiger partial charge >= 0.3 is 0 Å². The summed E-state index contributed by atoms with van der Waals surface area (Å²) in [4.78, 5) is 28.3. The number of aromatic nitrogens is 1. The van der Waals surface area contributed by atoms with Gasteiger partial charge in [-0.05, 0) is 35.4 Å². The number of amides is 2. The molecule has 0 bridgehead atoms. The van der Waals surface area contributed by atoms with Crippen molar-refractivity contribution >= 4 is 35.6 Å². The number of nitrogens with one attached hydrogen (secondary N) is 2. The minimum Gasteiger partial charge on any atom is -0.307 e. The quantitative estimate of drug-likeness (QED) is 0.633. The zero-order chi connectivity index (χ0) is 19.6. The first-order valence-corrected chi connectivity index (χ1v) is 8.74. The van der Waals surface area contributed by atoms with Crippen LogP contribution in [0.25, 0.3) is 12.2 Å². The van der Waals surface area contributed by atoms with Gasteiger partial charge in [0, 0.05) is 12.2 Å². The minimum absolute atomic E-state index is 0.302. The van der Waals surface area contributed by atoms with E-state index in [9.17, 15) is 9.59 Å². The second-order valence-electron chi connectivity index (χ2n) is 5.87. The van der Waals surface area contributed by atoms with E-state index in [1.165, 1.54) is 12.2 Å². The molecule has 0 saturated heterocycles. The molecule has 5 nitrogen and oxygen atoms in total. The van der Waals surface area contributed by atoms with E-state index in [0.29, 0.717) is 11.6 Å². The summed E-state index contributed by atoms with van der Waals surface area (Å²) in [5.74, 6) is 0.104. The van der Waals surface area contributed by atoms with Gasteiger partial charge in [0.25, 0.3) is 0 Å². The summed E-state index contributed by atoms with van der Waals surface area (Å²) in [6.07, 6.45) is 6.31. The molecule has 2 N–H and O–H groups in total. The van der Waals surface area contributed by atoms with E-state index >= 15 is 0 Å². The summed E-state index contributed by atoms with van der Waals surface area (Å²) in [5.41, 5.74) is 1.86. The van der Waals surface area contributed by atoms with E-state index in [4.69, 9.17) is 0 Å². The molecule has 2 aromatic carbocycles. The van der Waals surface area contributed by atoms with Crippen LogP contribution in [0.2, 0.25) is 0 Å². The molecule has 0 atom stereocenters. The summed E-state index contributed by atoms with van der Waals surface area (Å²) in [7, 11) is 0. The Morgan fingerprint density at radius 3 is 1.46 bits per heavy atom. The highest BCUT2D eigenvalue weighted by molar-refractivity contribution is 6.03. The molecule has 0 saturated carbocycles. The Hall–Kier alpha value is -3.99. The third kappa shape index (κ3) is 6.07. The van der Waals surface area contributed by atoms with Crippen LogP contribution in [0.3, 0.4) is 0 Å². The molecule has 0 aliphatic carbocycles. The predicted molar refractivity (Wildman–Crippen MR) is 112 cm³/mol. The fourth-order valence-corrected chi connectivity index (χ4v) is 2.38. The van der Waals surface area contributed by atoms with E-state index in [1.54, 1.807) is 30.4 Å². The van der Waals surface area contributed by atoms with Gasteiger partial charge in [-0.25, -0.2) is 4.98 Å². The van der Waals surface area contributed by atoms with Gasteiger partial charge < -0.3 is 10.6 Å². The smallest absolute Gasteiger partial charge is 0.249 e.